The fourth-order valence-corrected chi connectivity index (χ4v) is 4.42. The first-order valence-corrected chi connectivity index (χ1v) is 9.94. The van der Waals surface area contributed by atoms with E-state index in [-0.39, 0.29) is 17.5 Å². The van der Waals surface area contributed by atoms with Gasteiger partial charge in [0.15, 0.2) is 6.61 Å². The highest BCUT2D eigenvalue weighted by atomic mass is 19.4. The molecule has 0 amide bonds. The van der Waals surface area contributed by atoms with Gasteiger partial charge in [-0.2, -0.15) is 13.2 Å². The fourth-order valence-electron chi connectivity index (χ4n) is 4.42. The molecule has 1 aliphatic heterocycles. The summed E-state index contributed by atoms with van der Waals surface area (Å²) in [7, 11) is 0. The van der Waals surface area contributed by atoms with Gasteiger partial charge in [-0.15, -0.1) is 0 Å². The minimum absolute atomic E-state index is 0.0272. The van der Waals surface area contributed by atoms with Gasteiger partial charge in [-0.25, -0.2) is 4.98 Å². The van der Waals surface area contributed by atoms with E-state index < -0.39 is 12.8 Å². The van der Waals surface area contributed by atoms with Crippen LogP contribution in [-0.2, 0) is 12.1 Å². The van der Waals surface area contributed by atoms with Crippen molar-refractivity contribution in [2.75, 3.05) is 6.61 Å². The predicted molar refractivity (Wildman–Crippen MR) is 106 cm³/mol. The molecule has 0 saturated carbocycles. The predicted octanol–water partition coefficient (Wildman–Crippen LogP) is 5.63. The molecule has 29 heavy (non-hydrogen) atoms. The average molecular weight is 407 g/mol. The number of ether oxygens (including phenoxy) is 1. The largest absolute Gasteiger partial charge is 0.468 e. The number of hydrogen-bond acceptors (Lipinski definition) is 4. The first-order chi connectivity index (χ1) is 13.6. The molecule has 0 spiro atoms. The molecule has 0 radical (unpaired) electrons. The number of pyridine rings is 2. The lowest BCUT2D eigenvalue weighted by Crippen LogP contribution is -2.40. The molecular formula is C22H28F3N3O. The van der Waals surface area contributed by atoms with Crippen molar-refractivity contribution in [2.24, 2.45) is 0 Å². The van der Waals surface area contributed by atoms with E-state index in [9.17, 15) is 13.2 Å². The molecule has 2 unspecified atom stereocenters. The molecule has 0 saturated heterocycles. The Kier molecular flexibility index (Phi) is 5.90. The van der Waals surface area contributed by atoms with Crippen molar-refractivity contribution in [1.29, 1.82) is 0 Å². The molecule has 4 nitrogen and oxygen atoms in total. The number of rotatable bonds is 6. The summed E-state index contributed by atoms with van der Waals surface area (Å²) in [6.07, 6.45) is 1.17. The van der Waals surface area contributed by atoms with Crippen LogP contribution in [0.3, 0.4) is 0 Å². The molecule has 1 aliphatic rings. The monoisotopic (exact) mass is 407 g/mol. The number of aryl methyl sites for hydroxylation is 2. The van der Waals surface area contributed by atoms with Crippen LogP contribution >= 0.6 is 0 Å². The van der Waals surface area contributed by atoms with Gasteiger partial charge in [0.2, 0.25) is 5.88 Å². The van der Waals surface area contributed by atoms with Gasteiger partial charge in [0.25, 0.3) is 0 Å². The maximum absolute atomic E-state index is 12.4. The zero-order valence-corrected chi connectivity index (χ0v) is 17.6. The second kappa shape index (κ2) is 7.94. The molecule has 7 heteroatoms. The van der Waals surface area contributed by atoms with Crippen molar-refractivity contribution in [3.63, 3.8) is 0 Å². The lowest BCUT2D eigenvalue weighted by molar-refractivity contribution is -0.154. The number of hydrogen-bond donors (Lipinski definition) is 0. The average Bonchev–Trinajstić information content (AvgIpc) is 2.94. The molecule has 0 aromatic carbocycles. The van der Waals surface area contributed by atoms with Gasteiger partial charge in [0.1, 0.15) is 0 Å². The zero-order chi connectivity index (χ0) is 21.4. The molecule has 158 valence electrons. The summed E-state index contributed by atoms with van der Waals surface area (Å²) in [6.45, 7) is 9.79. The number of fused-ring (bicyclic) bond motifs is 1. The molecule has 0 bridgehead atoms. The van der Waals surface area contributed by atoms with Crippen LogP contribution in [-0.4, -0.2) is 27.7 Å². The van der Waals surface area contributed by atoms with Crippen LogP contribution < -0.4 is 4.74 Å². The van der Waals surface area contributed by atoms with Crippen molar-refractivity contribution in [3.8, 4) is 5.88 Å². The fraction of sp³-hybridized carbons (Fsp3) is 0.545. The number of aromatic nitrogens is 2. The van der Waals surface area contributed by atoms with Crippen LogP contribution in [0.1, 0.15) is 67.6 Å². The molecule has 2 atom stereocenters. The maximum atomic E-state index is 12.4. The van der Waals surface area contributed by atoms with Crippen LogP contribution in [0.25, 0.3) is 0 Å². The van der Waals surface area contributed by atoms with Crippen molar-refractivity contribution in [2.45, 2.75) is 71.8 Å². The Hall–Kier alpha value is -2.15. The quantitative estimate of drug-likeness (QED) is 0.622. The van der Waals surface area contributed by atoms with Gasteiger partial charge >= 0.3 is 6.18 Å². The van der Waals surface area contributed by atoms with E-state index in [0.717, 1.165) is 30.6 Å². The van der Waals surface area contributed by atoms with E-state index in [2.05, 4.69) is 41.7 Å². The van der Waals surface area contributed by atoms with Crippen LogP contribution in [0.5, 0.6) is 5.88 Å². The third kappa shape index (κ3) is 4.25. The van der Waals surface area contributed by atoms with Gasteiger partial charge in [0, 0.05) is 41.8 Å². The molecule has 0 fully saturated rings. The summed E-state index contributed by atoms with van der Waals surface area (Å²) in [5, 5.41) is 0. The number of halogens is 3. The summed E-state index contributed by atoms with van der Waals surface area (Å²) >= 11 is 0. The van der Waals surface area contributed by atoms with Crippen molar-refractivity contribution in [3.05, 3.63) is 52.5 Å². The lowest BCUT2D eigenvalue weighted by atomic mass is 9.86. The topological polar surface area (TPSA) is 38.2 Å². The minimum Gasteiger partial charge on any atom is -0.468 e. The van der Waals surface area contributed by atoms with Gasteiger partial charge in [-0.1, -0.05) is 13.3 Å². The number of alkyl halides is 3. The summed E-state index contributed by atoms with van der Waals surface area (Å²) < 4.78 is 42.2. The van der Waals surface area contributed by atoms with E-state index in [1.54, 1.807) is 13.1 Å². The molecule has 0 N–H and O–H groups in total. The van der Waals surface area contributed by atoms with E-state index in [1.165, 1.54) is 11.1 Å². The maximum Gasteiger partial charge on any atom is 0.422 e. The Balaban J connectivity index is 1.89. The van der Waals surface area contributed by atoms with Crippen molar-refractivity contribution >= 4 is 0 Å². The van der Waals surface area contributed by atoms with E-state index in [1.807, 2.05) is 19.2 Å². The summed E-state index contributed by atoms with van der Waals surface area (Å²) in [6, 6.07) is 4.03. The van der Waals surface area contributed by atoms with Crippen LogP contribution in [0.4, 0.5) is 13.2 Å². The first-order valence-electron chi connectivity index (χ1n) is 9.94. The second-order valence-electron chi connectivity index (χ2n) is 8.04. The third-order valence-electron chi connectivity index (χ3n) is 5.92. The lowest BCUT2D eigenvalue weighted by Gasteiger charge is -2.40. The van der Waals surface area contributed by atoms with Gasteiger partial charge in [0.05, 0.1) is 0 Å². The Morgan fingerprint density at radius 1 is 1.28 bits per heavy atom. The highest BCUT2D eigenvalue weighted by molar-refractivity contribution is 5.41. The van der Waals surface area contributed by atoms with E-state index in [4.69, 9.17) is 4.74 Å². The van der Waals surface area contributed by atoms with Crippen molar-refractivity contribution < 1.29 is 17.9 Å². The summed E-state index contributed by atoms with van der Waals surface area (Å²) in [4.78, 5) is 11.1. The van der Waals surface area contributed by atoms with E-state index in [0.29, 0.717) is 5.56 Å². The zero-order valence-electron chi connectivity index (χ0n) is 17.6. The highest BCUT2D eigenvalue weighted by Crippen LogP contribution is 2.47. The Morgan fingerprint density at radius 2 is 2.00 bits per heavy atom. The molecule has 2 aromatic rings. The molecule has 2 aromatic heterocycles. The first kappa shape index (κ1) is 21.6. The van der Waals surface area contributed by atoms with Crippen LogP contribution in [0.2, 0.25) is 0 Å². The van der Waals surface area contributed by atoms with Crippen LogP contribution in [0.15, 0.2) is 24.5 Å². The smallest absolute Gasteiger partial charge is 0.422 e. The highest BCUT2D eigenvalue weighted by Gasteiger charge is 2.43. The van der Waals surface area contributed by atoms with Gasteiger partial charge < -0.3 is 4.74 Å². The van der Waals surface area contributed by atoms with E-state index >= 15 is 0 Å². The van der Waals surface area contributed by atoms with Crippen LogP contribution in [0, 0.1) is 13.8 Å². The molecule has 3 heterocycles. The number of nitrogens with zero attached hydrogens (tertiary/aromatic N) is 3. The Morgan fingerprint density at radius 3 is 2.62 bits per heavy atom. The third-order valence-corrected chi connectivity index (χ3v) is 5.92. The Bertz CT molecular complexity index is 884. The van der Waals surface area contributed by atoms with Crippen molar-refractivity contribution in [1.82, 2.24) is 14.9 Å². The van der Waals surface area contributed by atoms with Gasteiger partial charge in [-0.3, -0.25) is 9.88 Å². The van der Waals surface area contributed by atoms with Gasteiger partial charge in [-0.05, 0) is 62.9 Å². The normalized spacial score (nSPS) is 20.6. The minimum atomic E-state index is -4.38. The molecule has 0 aliphatic carbocycles. The second-order valence-corrected chi connectivity index (χ2v) is 8.04. The molecule has 3 rings (SSSR count). The summed E-state index contributed by atoms with van der Waals surface area (Å²) in [5.41, 5.74) is 5.06. The standard InChI is InChI=1S/C22H28F3N3O/c1-6-8-21(5)19-7-9-26-15(3)18(19)12-28(21)16(4)17-10-14(2)20(27-11-17)29-13-22(23,24)25/h7,9-11,16H,6,8,12-13H2,1-5H3. The molecular weight excluding hydrogens is 379 g/mol. The SMILES string of the molecule is CCCC1(C)c2ccnc(C)c2CN1C(C)c1cnc(OCC(F)(F)F)c(C)c1. The summed E-state index contributed by atoms with van der Waals surface area (Å²) in [5.74, 6) is 0.0272. The Labute approximate surface area is 170 Å².